The molecule has 1 rings (SSSR count). The normalized spacial score (nSPS) is 22.3. The molecule has 0 N–H and O–H groups in total. The third-order valence-corrected chi connectivity index (χ3v) is 4.14. The van der Waals surface area contributed by atoms with Crippen LogP contribution in [0.2, 0.25) is 0 Å². The molecule has 1 fully saturated rings. The van der Waals surface area contributed by atoms with Crippen LogP contribution in [0.25, 0.3) is 0 Å². The van der Waals surface area contributed by atoms with E-state index in [1.807, 2.05) is 41.5 Å². The number of ether oxygens (including phenoxy) is 1. The largest absolute Gasteiger partial charge is 0.444 e. The minimum absolute atomic E-state index is 0.115. The third-order valence-electron chi connectivity index (χ3n) is 2.78. The fraction of sp³-hybridized carbons (Fsp3) is 0.857. The van der Waals surface area contributed by atoms with Crippen molar-refractivity contribution in [2.24, 2.45) is 4.40 Å². The third kappa shape index (κ3) is 5.23. The van der Waals surface area contributed by atoms with Crippen LogP contribution in [0.3, 0.4) is 0 Å². The first-order valence-electron chi connectivity index (χ1n) is 6.96. The molecule has 0 spiro atoms. The van der Waals surface area contributed by atoms with Crippen LogP contribution in [0, 0.1) is 0 Å². The first-order valence-corrected chi connectivity index (χ1v) is 8.07. The van der Waals surface area contributed by atoms with E-state index < -0.39 is 16.6 Å². The minimum atomic E-state index is -1.29. The first kappa shape index (κ1) is 17.1. The highest BCUT2D eigenvalue weighted by Gasteiger charge is 2.31. The Labute approximate surface area is 124 Å². The van der Waals surface area contributed by atoms with Gasteiger partial charge in [-0.15, -0.1) is 0 Å². The lowest BCUT2D eigenvalue weighted by Gasteiger charge is -2.27. The van der Waals surface area contributed by atoms with Gasteiger partial charge in [0.2, 0.25) is 0 Å². The quantitative estimate of drug-likeness (QED) is 0.737. The maximum absolute atomic E-state index is 12.1. The van der Waals surface area contributed by atoms with Crippen LogP contribution in [0.15, 0.2) is 4.40 Å². The summed E-state index contributed by atoms with van der Waals surface area (Å²) in [5, 5.41) is 0. The lowest BCUT2D eigenvalue weighted by molar-refractivity contribution is 0.0268. The maximum atomic E-state index is 12.1. The van der Waals surface area contributed by atoms with Gasteiger partial charge in [-0.25, -0.2) is 9.00 Å². The molecule has 0 aromatic rings. The predicted octanol–water partition coefficient (Wildman–Crippen LogP) is 2.92. The predicted molar refractivity (Wildman–Crippen MR) is 82.3 cm³/mol. The van der Waals surface area contributed by atoms with Crippen molar-refractivity contribution in [1.29, 1.82) is 0 Å². The molecule has 0 bridgehead atoms. The molecule has 1 amide bonds. The fourth-order valence-corrected chi connectivity index (χ4v) is 2.35. The van der Waals surface area contributed by atoms with E-state index in [2.05, 4.69) is 4.40 Å². The highest BCUT2D eigenvalue weighted by atomic mass is 32.2. The van der Waals surface area contributed by atoms with Crippen molar-refractivity contribution >= 4 is 23.3 Å². The molecule has 0 saturated carbocycles. The van der Waals surface area contributed by atoms with E-state index in [1.165, 1.54) is 0 Å². The van der Waals surface area contributed by atoms with E-state index in [0.717, 1.165) is 12.8 Å². The Bertz CT molecular complexity index is 408. The van der Waals surface area contributed by atoms with Crippen molar-refractivity contribution in [1.82, 2.24) is 4.90 Å². The first-order chi connectivity index (χ1) is 9.00. The van der Waals surface area contributed by atoms with E-state index >= 15 is 0 Å². The topological polar surface area (TPSA) is 59.0 Å². The summed E-state index contributed by atoms with van der Waals surface area (Å²) in [4.78, 5) is 13.7. The molecule has 0 unspecified atom stereocenters. The molecule has 0 radical (unpaired) electrons. The van der Waals surface area contributed by atoms with Crippen molar-refractivity contribution in [2.75, 3.05) is 6.54 Å². The smallest absolute Gasteiger partial charge is 0.410 e. The second-order valence-electron chi connectivity index (χ2n) is 7.00. The molecule has 0 aromatic heterocycles. The van der Waals surface area contributed by atoms with Crippen LogP contribution in [0.4, 0.5) is 4.79 Å². The molecule has 2 atom stereocenters. The van der Waals surface area contributed by atoms with Gasteiger partial charge in [-0.1, -0.05) is 0 Å². The van der Waals surface area contributed by atoms with Crippen LogP contribution < -0.4 is 0 Å². The monoisotopic (exact) mass is 302 g/mol. The van der Waals surface area contributed by atoms with Gasteiger partial charge in [-0.2, -0.15) is 4.40 Å². The second kappa shape index (κ2) is 6.24. The van der Waals surface area contributed by atoms with Crippen LogP contribution in [-0.4, -0.2) is 44.4 Å². The molecule has 1 aliphatic rings. The lowest BCUT2D eigenvalue weighted by Crippen LogP contribution is -2.40. The van der Waals surface area contributed by atoms with Gasteiger partial charge in [0.05, 0.1) is 10.8 Å². The standard InChI is InChI=1S/C14H26N2O3S/c1-13(2,3)19-12(17)16-9-7-8-11(16)10-15-20(18)14(4,5)6/h10-11H,7-9H2,1-6H3/b15-10+/t11-,20-/m1/s1. The summed E-state index contributed by atoms with van der Waals surface area (Å²) in [6.45, 7) is 11.8. The molecule has 6 heteroatoms. The summed E-state index contributed by atoms with van der Waals surface area (Å²) in [5.41, 5.74) is -0.504. The summed E-state index contributed by atoms with van der Waals surface area (Å²) in [6, 6.07) is -0.115. The van der Waals surface area contributed by atoms with Gasteiger partial charge in [-0.05, 0) is 54.4 Å². The number of hydrogen-bond acceptors (Lipinski definition) is 3. The molecule has 0 aliphatic carbocycles. The molecule has 1 aliphatic heterocycles. The van der Waals surface area contributed by atoms with Gasteiger partial charge in [0, 0.05) is 12.8 Å². The number of carbonyl (C=O) groups excluding carboxylic acids is 1. The van der Waals surface area contributed by atoms with Crippen molar-refractivity contribution in [3.05, 3.63) is 0 Å². The minimum Gasteiger partial charge on any atom is -0.444 e. The molecule has 1 saturated heterocycles. The molecule has 5 nitrogen and oxygen atoms in total. The lowest BCUT2D eigenvalue weighted by atomic mass is 10.2. The van der Waals surface area contributed by atoms with E-state index in [1.54, 1.807) is 11.1 Å². The maximum Gasteiger partial charge on any atom is 0.410 e. The summed E-state index contributed by atoms with van der Waals surface area (Å²) < 4.78 is 21.0. The molecule has 20 heavy (non-hydrogen) atoms. The molecule has 116 valence electrons. The Morgan fingerprint density at radius 3 is 2.40 bits per heavy atom. The Kier molecular flexibility index (Phi) is 5.35. The molecular formula is C14H26N2O3S. The zero-order valence-corrected chi connectivity index (χ0v) is 14.1. The highest BCUT2D eigenvalue weighted by molar-refractivity contribution is 7.85. The van der Waals surface area contributed by atoms with Gasteiger partial charge in [0.25, 0.3) is 0 Å². The van der Waals surface area contributed by atoms with Gasteiger partial charge >= 0.3 is 6.09 Å². The Morgan fingerprint density at radius 2 is 1.90 bits per heavy atom. The molecule has 1 heterocycles. The zero-order valence-electron chi connectivity index (χ0n) is 13.3. The number of likely N-dealkylation sites (tertiary alicyclic amines) is 1. The highest BCUT2D eigenvalue weighted by Crippen LogP contribution is 2.20. The van der Waals surface area contributed by atoms with E-state index in [4.69, 9.17) is 4.74 Å². The van der Waals surface area contributed by atoms with Crippen molar-refractivity contribution in [3.8, 4) is 0 Å². The van der Waals surface area contributed by atoms with Crippen LogP contribution in [0.1, 0.15) is 54.4 Å². The number of amides is 1. The zero-order chi connectivity index (χ0) is 15.6. The van der Waals surface area contributed by atoms with Gasteiger partial charge in [0.15, 0.2) is 0 Å². The fourth-order valence-electron chi connectivity index (χ4n) is 1.78. The number of carbonyl (C=O) groups is 1. The number of hydrogen-bond donors (Lipinski definition) is 0. The summed E-state index contributed by atoms with van der Waals surface area (Å²) in [5.74, 6) is 0. The Balaban J connectivity index is 2.69. The summed E-state index contributed by atoms with van der Waals surface area (Å²) >= 11 is 0. The average Bonchev–Trinajstić information content (AvgIpc) is 2.70. The van der Waals surface area contributed by atoms with E-state index in [0.29, 0.717) is 6.54 Å². The SMILES string of the molecule is CC(C)(C)OC(=O)N1CCC[C@@H]1/C=N/[S@](=O)C(C)(C)C. The van der Waals surface area contributed by atoms with E-state index in [9.17, 15) is 9.00 Å². The van der Waals surface area contributed by atoms with Crippen molar-refractivity contribution in [3.63, 3.8) is 0 Å². The van der Waals surface area contributed by atoms with Crippen molar-refractivity contribution in [2.45, 2.75) is 70.8 Å². The summed E-state index contributed by atoms with van der Waals surface area (Å²) in [6.07, 6.45) is 3.06. The number of nitrogens with zero attached hydrogens (tertiary/aromatic N) is 2. The van der Waals surface area contributed by atoms with Gasteiger partial charge in [0.1, 0.15) is 16.6 Å². The average molecular weight is 302 g/mol. The summed E-state index contributed by atoms with van der Waals surface area (Å²) in [7, 11) is -1.29. The number of rotatable bonds is 2. The Hall–Kier alpha value is -0.910. The van der Waals surface area contributed by atoms with Crippen LogP contribution in [0.5, 0.6) is 0 Å². The molecule has 0 aromatic carbocycles. The van der Waals surface area contributed by atoms with E-state index in [-0.39, 0.29) is 16.9 Å². The van der Waals surface area contributed by atoms with Crippen LogP contribution in [-0.2, 0) is 15.7 Å². The van der Waals surface area contributed by atoms with Crippen molar-refractivity contribution < 1.29 is 13.7 Å². The molecular weight excluding hydrogens is 276 g/mol. The van der Waals surface area contributed by atoms with Gasteiger partial charge in [-0.3, -0.25) is 0 Å². The second-order valence-corrected chi connectivity index (χ2v) is 8.93. The van der Waals surface area contributed by atoms with Gasteiger partial charge < -0.3 is 9.64 Å². The van der Waals surface area contributed by atoms with Crippen LogP contribution >= 0.6 is 0 Å². The Morgan fingerprint density at radius 1 is 1.30 bits per heavy atom.